The van der Waals surface area contributed by atoms with Crippen LogP contribution in [-0.2, 0) is 16.6 Å². The molecule has 0 saturated heterocycles. The van der Waals surface area contributed by atoms with Crippen molar-refractivity contribution < 1.29 is 19.1 Å². The highest BCUT2D eigenvalue weighted by molar-refractivity contribution is 6.08. The van der Waals surface area contributed by atoms with Gasteiger partial charge in [-0.05, 0) is 42.7 Å². The summed E-state index contributed by atoms with van der Waals surface area (Å²) in [6, 6.07) is 18.3. The molecule has 3 aromatic rings. The Hall–Kier alpha value is -3.47. The predicted molar refractivity (Wildman–Crippen MR) is 106 cm³/mol. The Bertz CT molecular complexity index is 1090. The number of fused-ring (bicyclic) bond motifs is 1. The number of rotatable bonds is 6. The average Bonchev–Trinajstić information content (AvgIpc) is 3.45. The molecule has 5 heteroatoms. The van der Waals surface area contributed by atoms with E-state index in [1.54, 1.807) is 30.5 Å². The second kappa shape index (κ2) is 6.85. The molecule has 0 N–H and O–H groups in total. The minimum absolute atomic E-state index is 0.0741. The molecule has 5 nitrogen and oxygen atoms in total. The topological polar surface area (TPSA) is 65.5 Å². The second-order valence-electron chi connectivity index (χ2n) is 7.48. The maximum atomic E-state index is 13.1. The fourth-order valence-corrected chi connectivity index (χ4v) is 3.80. The van der Waals surface area contributed by atoms with Gasteiger partial charge in [0.1, 0.15) is 5.78 Å². The van der Waals surface area contributed by atoms with Crippen molar-refractivity contribution in [2.24, 2.45) is 0 Å². The standard InChI is InChI=1S/C24H19NO4/c26-22(24(10-11-24)18-7-9-20-21(12-18)29-15-28-20)13-19-8-6-17(14-25-19)23(27)16-4-2-1-3-5-16/h1-9,12,14H,10-11,13,15H2. The lowest BCUT2D eigenvalue weighted by Crippen LogP contribution is -2.23. The van der Waals surface area contributed by atoms with Crippen molar-refractivity contribution in [2.75, 3.05) is 6.79 Å². The number of Topliss-reactive ketones (excluding diaryl/α,β-unsaturated/α-hetero) is 1. The lowest BCUT2D eigenvalue weighted by molar-refractivity contribution is -0.120. The van der Waals surface area contributed by atoms with Gasteiger partial charge in [0.15, 0.2) is 17.3 Å². The number of ketones is 2. The number of pyridine rings is 1. The molecule has 1 aliphatic carbocycles. The Morgan fingerprint density at radius 3 is 2.41 bits per heavy atom. The van der Waals surface area contributed by atoms with Gasteiger partial charge in [-0.3, -0.25) is 14.6 Å². The third-order valence-corrected chi connectivity index (χ3v) is 5.67. The van der Waals surface area contributed by atoms with Crippen LogP contribution < -0.4 is 9.47 Å². The van der Waals surface area contributed by atoms with E-state index in [1.165, 1.54) is 0 Å². The Labute approximate surface area is 168 Å². The molecule has 2 aliphatic rings. The summed E-state index contributed by atoms with van der Waals surface area (Å²) in [5.41, 5.74) is 2.33. The van der Waals surface area contributed by atoms with Crippen molar-refractivity contribution >= 4 is 11.6 Å². The average molecular weight is 385 g/mol. The van der Waals surface area contributed by atoms with Crippen LogP contribution in [0.25, 0.3) is 0 Å². The van der Waals surface area contributed by atoms with Gasteiger partial charge in [-0.15, -0.1) is 0 Å². The fraction of sp³-hybridized carbons (Fsp3) is 0.208. The molecule has 2 heterocycles. The first-order chi connectivity index (χ1) is 14.2. The third kappa shape index (κ3) is 3.18. The van der Waals surface area contributed by atoms with Gasteiger partial charge >= 0.3 is 0 Å². The molecule has 144 valence electrons. The predicted octanol–water partition coefficient (Wildman–Crippen LogP) is 3.88. The molecule has 0 radical (unpaired) electrons. The summed E-state index contributed by atoms with van der Waals surface area (Å²) in [5.74, 6) is 1.49. The maximum Gasteiger partial charge on any atom is 0.231 e. The SMILES string of the molecule is O=C(c1ccccc1)c1ccc(CC(=O)C2(c3ccc4c(c3)OCO4)CC2)nc1. The first kappa shape index (κ1) is 17.6. The highest BCUT2D eigenvalue weighted by atomic mass is 16.7. The lowest BCUT2D eigenvalue weighted by atomic mass is 9.88. The molecule has 29 heavy (non-hydrogen) atoms. The zero-order valence-electron chi connectivity index (χ0n) is 15.8. The lowest BCUT2D eigenvalue weighted by Gasteiger charge is -2.15. The highest BCUT2D eigenvalue weighted by Gasteiger charge is 2.50. The van der Waals surface area contributed by atoms with Gasteiger partial charge in [0.2, 0.25) is 6.79 Å². The van der Waals surface area contributed by atoms with E-state index in [0.717, 1.165) is 24.2 Å². The molecular formula is C24H19NO4. The molecule has 0 atom stereocenters. The van der Waals surface area contributed by atoms with E-state index in [-0.39, 0.29) is 24.8 Å². The van der Waals surface area contributed by atoms with Gasteiger partial charge in [-0.25, -0.2) is 0 Å². The molecule has 1 aromatic heterocycles. The van der Waals surface area contributed by atoms with E-state index < -0.39 is 5.41 Å². The summed E-state index contributed by atoms with van der Waals surface area (Å²) in [7, 11) is 0. The van der Waals surface area contributed by atoms with Crippen LogP contribution in [0, 0.1) is 0 Å². The van der Waals surface area contributed by atoms with Crippen molar-refractivity contribution in [3.05, 3.63) is 89.2 Å². The summed E-state index contributed by atoms with van der Waals surface area (Å²) >= 11 is 0. The van der Waals surface area contributed by atoms with Crippen LogP contribution in [0.4, 0.5) is 0 Å². The minimum atomic E-state index is -0.457. The third-order valence-electron chi connectivity index (χ3n) is 5.67. The van der Waals surface area contributed by atoms with Crippen molar-refractivity contribution in [1.29, 1.82) is 0 Å². The fourth-order valence-electron chi connectivity index (χ4n) is 3.80. The Balaban J connectivity index is 1.31. The number of hydrogen-bond donors (Lipinski definition) is 0. The molecule has 1 aliphatic heterocycles. The first-order valence-corrected chi connectivity index (χ1v) is 9.64. The van der Waals surface area contributed by atoms with Gasteiger partial charge in [0.25, 0.3) is 0 Å². The molecule has 1 fully saturated rings. The number of carbonyl (C=O) groups excluding carboxylic acids is 2. The van der Waals surface area contributed by atoms with E-state index in [4.69, 9.17) is 9.47 Å². The quantitative estimate of drug-likeness (QED) is 0.603. The van der Waals surface area contributed by atoms with E-state index in [1.807, 2.05) is 36.4 Å². The number of benzene rings is 2. The summed E-state index contributed by atoms with van der Waals surface area (Å²) in [4.78, 5) is 29.9. The number of aromatic nitrogens is 1. The van der Waals surface area contributed by atoms with Gasteiger partial charge in [-0.1, -0.05) is 36.4 Å². The molecule has 0 bridgehead atoms. The van der Waals surface area contributed by atoms with Crippen LogP contribution in [0.5, 0.6) is 11.5 Å². The van der Waals surface area contributed by atoms with Crippen molar-refractivity contribution in [1.82, 2.24) is 4.98 Å². The summed E-state index contributed by atoms with van der Waals surface area (Å²) < 4.78 is 10.8. The van der Waals surface area contributed by atoms with Gasteiger partial charge in [0, 0.05) is 29.4 Å². The maximum absolute atomic E-state index is 13.1. The van der Waals surface area contributed by atoms with Gasteiger partial charge in [0.05, 0.1) is 5.41 Å². The summed E-state index contributed by atoms with van der Waals surface area (Å²) in [5, 5.41) is 0. The zero-order chi connectivity index (χ0) is 19.8. The smallest absolute Gasteiger partial charge is 0.231 e. The molecule has 0 unspecified atom stereocenters. The van der Waals surface area contributed by atoms with Crippen molar-refractivity contribution in [2.45, 2.75) is 24.7 Å². The van der Waals surface area contributed by atoms with Crippen LogP contribution in [0.2, 0.25) is 0 Å². The normalized spacial score (nSPS) is 15.7. The van der Waals surface area contributed by atoms with Crippen LogP contribution in [0.3, 0.4) is 0 Å². The molecule has 0 spiro atoms. The minimum Gasteiger partial charge on any atom is -0.454 e. The number of ether oxygens (including phenoxy) is 2. The van der Waals surface area contributed by atoms with Gasteiger partial charge in [-0.2, -0.15) is 0 Å². The first-order valence-electron chi connectivity index (χ1n) is 9.64. The molecular weight excluding hydrogens is 366 g/mol. The monoisotopic (exact) mass is 385 g/mol. The largest absolute Gasteiger partial charge is 0.454 e. The van der Waals surface area contributed by atoms with E-state index in [2.05, 4.69) is 4.98 Å². The second-order valence-corrected chi connectivity index (χ2v) is 7.48. The van der Waals surface area contributed by atoms with Crippen molar-refractivity contribution in [3.8, 4) is 11.5 Å². The zero-order valence-corrected chi connectivity index (χ0v) is 15.8. The van der Waals surface area contributed by atoms with E-state index in [0.29, 0.717) is 22.6 Å². The molecule has 1 saturated carbocycles. The number of hydrogen-bond acceptors (Lipinski definition) is 5. The van der Waals surface area contributed by atoms with Crippen molar-refractivity contribution in [3.63, 3.8) is 0 Å². The molecule has 5 rings (SSSR count). The summed E-state index contributed by atoms with van der Waals surface area (Å²) in [6.07, 6.45) is 3.46. The van der Waals surface area contributed by atoms with Crippen LogP contribution in [0.1, 0.15) is 40.0 Å². The highest BCUT2D eigenvalue weighted by Crippen LogP contribution is 2.51. The number of carbonyl (C=O) groups is 2. The van der Waals surface area contributed by atoms with Crippen LogP contribution in [-0.4, -0.2) is 23.3 Å². The van der Waals surface area contributed by atoms with Crippen LogP contribution >= 0.6 is 0 Å². The Morgan fingerprint density at radius 1 is 0.897 bits per heavy atom. The number of nitrogens with zero attached hydrogens (tertiary/aromatic N) is 1. The Morgan fingerprint density at radius 2 is 1.69 bits per heavy atom. The Kier molecular flexibility index (Phi) is 4.16. The van der Waals surface area contributed by atoms with E-state index >= 15 is 0 Å². The summed E-state index contributed by atoms with van der Waals surface area (Å²) in [6.45, 7) is 0.220. The van der Waals surface area contributed by atoms with E-state index in [9.17, 15) is 9.59 Å². The molecule has 0 amide bonds. The molecule has 2 aromatic carbocycles. The van der Waals surface area contributed by atoms with Gasteiger partial charge < -0.3 is 9.47 Å². The van der Waals surface area contributed by atoms with Crippen LogP contribution in [0.15, 0.2) is 66.9 Å².